The molecule has 1 saturated heterocycles. The van der Waals surface area contributed by atoms with Crippen LogP contribution >= 0.6 is 0 Å². The van der Waals surface area contributed by atoms with E-state index in [9.17, 15) is 9.00 Å². The van der Waals surface area contributed by atoms with Gasteiger partial charge in [-0.3, -0.25) is 4.21 Å². The molecule has 20 heavy (non-hydrogen) atoms. The summed E-state index contributed by atoms with van der Waals surface area (Å²) >= 11 is 0. The van der Waals surface area contributed by atoms with Crippen LogP contribution in [0, 0.1) is 0 Å². The van der Waals surface area contributed by atoms with Gasteiger partial charge in [0, 0.05) is 25.5 Å². The van der Waals surface area contributed by atoms with Crippen LogP contribution in [-0.4, -0.2) is 49.1 Å². The zero-order chi connectivity index (χ0) is 14.8. The quantitative estimate of drug-likeness (QED) is 0.775. The van der Waals surface area contributed by atoms with Crippen molar-refractivity contribution in [2.75, 3.05) is 13.1 Å². The maximum atomic E-state index is 12.3. The van der Waals surface area contributed by atoms with Crippen molar-refractivity contribution < 1.29 is 13.7 Å². The first-order valence-corrected chi connectivity index (χ1v) is 7.73. The van der Waals surface area contributed by atoms with E-state index in [4.69, 9.17) is 4.74 Å². The van der Waals surface area contributed by atoms with Gasteiger partial charge in [0.15, 0.2) is 0 Å². The van der Waals surface area contributed by atoms with E-state index < -0.39 is 16.4 Å². The fourth-order valence-electron chi connectivity index (χ4n) is 1.93. The van der Waals surface area contributed by atoms with Gasteiger partial charge in [0.2, 0.25) is 5.16 Å². The zero-order valence-corrected chi connectivity index (χ0v) is 12.7. The van der Waals surface area contributed by atoms with Crippen molar-refractivity contribution in [3.05, 3.63) is 18.5 Å². The van der Waals surface area contributed by atoms with Crippen LogP contribution in [0.25, 0.3) is 0 Å². The van der Waals surface area contributed by atoms with Crippen molar-refractivity contribution in [1.82, 2.24) is 14.9 Å². The predicted molar refractivity (Wildman–Crippen MR) is 74.7 cm³/mol. The van der Waals surface area contributed by atoms with Gasteiger partial charge in [-0.1, -0.05) is 0 Å². The van der Waals surface area contributed by atoms with E-state index in [1.165, 1.54) is 0 Å². The van der Waals surface area contributed by atoms with Crippen LogP contribution in [0.3, 0.4) is 0 Å². The molecule has 1 aromatic rings. The fraction of sp³-hybridized carbons (Fsp3) is 0.615. The Kier molecular flexibility index (Phi) is 4.37. The molecule has 110 valence electrons. The molecular formula is C13H19N3O3S. The lowest BCUT2D eigenvalue weighted by Gasteiger charge is -2.24. The number of likely N-dealkylation sites (tertiary alicyclic amines) is 1. The number of carbonyl (C=O) groups is 1. The second-order valence-electron chi connectivity index (χ2n) is 5.67. The summed E-state index contributed by atoms with van der Waals surface area (Å²) in [5.41, 5.74) is -0.517. The Hall–Kier alpha value is -1.50. The van der Waals surface area contributed by atoms with E-state index in [1.54, 1.807) is 23.4 Å². The Labute approximate surface area is 121 Å². The van der Waals surface area contributed by atoms with Crippen molar-refractivity contribution in [1.29, 1.82) is 0 Å². The van der Waals surface area contributed by atoms with Gasteiger partial charge in [-0.15, -0.1) is 0 Å². The standard InChI is InChI=1S/C13H19N3O3S/c1-13(2,3)19-12(17)16-8-5-10(9-16)20(18)11-14-6-4-7-15-11/h4,6-7,10H,5,8-9H2,1-3H3/t10-,20+/m1/s1. The molecule has 7 heteroatoms. The molecule has 0 radical (unpaired) electrons. The molecule has 1 aliphatic rings. The Morgan fingerprint density at radius 3 is 2.65 bits per heavy atom. The minimum Gasteiger partial charge on any atom is -0.444 e. The Balaban J connectivity index is 1.96. The molecule has 2 heterocycles. The number of ether oxygens (including phenoxy) is 1. The van der Waals surface area contributed by atoms with Gasteiger partial charge >= 0.3 is 6.09 Å². The third-order valence-electron chi connectivity index (χ3n) is 2.82. The first kappa shape index (κ1) is 14.9. The van der Waals surface area contributed by atoms with Gasteiger partial charge < -0.3 is 9.64 Å². The molecule has 1 fully saturated rings. The highest BCUT2D eigenvalue weighted by atomic mass is 32.2. The molecule has 0 N–H and O–H groups in total. The largest absolute Gasteiger partial charge is 0.444 e. The minimum absolute atomic E-state index is 0.134. The van der Waals surface area contributed by atoms with E-state index in [0.29, 0.717) is 24.7 Å². The Morgan fingerprint density at radius 2 is 2.05 bits per heavy atom. The van der Waals surface area contributed by atoms with Crippen LogP contribution < -0.4 is 0 Å². The summed E-state index contributed by atoms with van der Waals surface area (Å²) in [6.45, 7) is 6.45. The van der Waals surface area contributed by atoms with Crippen molar-refractivity contribution >= 4 is 16.9 Å². The normalized spacial score (nSPS) is 20.8. The van der Waals surface area contributed by atoms with Crippen LogP contribution in [0.15, 0.2) is 23.6 Å². The maximum absolute atomic E-state index is 12.3. The maximum Gasteiger partial charge on any atom is 0.410 e. The van der Waals surface area contributed by atoms with Crippen molar-refractivity contribution in [3.63, 3.8) is 0 Å². The second-order valence-corrected chi connectivity index (χ2v) is 7.29. The zero-order valence-electron chi connectivity index (χ0n) is 11.9. The molecule has 0 unspecified atom stereocenters. The number of carbonyl (C=O) groups excluding carboxylic acids is 1. The number of amides is 1. The molecule has 0 bridgehead atoms. The number of hydrogen-bond acceptors (Lipinski definition) is 5. The predicted octanol–water partition coefficient (Wildman–Crippen LogP) is 1.59. The number of nitrogens with zero attached hydrogens (tertiary/aromatic N) is 3. The molecule has 6 nitrogen and oxygen atoms in total. The highest BCUT2D eigenvalue weighted by molar-refractivity contribution is 7.85. The Bertz CT molecular complexity index is 501. The number of aromatic nitrogens is 2. The summed E-state index contributed by atoms with van der Waals surface area (Å²) in [5.74, 6) is 0. The smallest absolute Gasteiger partial charge is 0.410 e. The first-order chi connectivity index (χ1) is 9.37. The second kappa shape index (κ2) is 5.87. The molecule has 2 rings (SSSR count). The minimum atomic E-state index is -1.29. The summed E-state index contributed by atoms with van der Waals surface area (Å²) in [4.78, 5) is 21.5. The van der Waals surface area contributed by atoms with E-state index in [2.05, 4.69) is 9.97 Å². The topological polar surface area (TPSA) is 72.4 Å². The molecule has 0 spiro atoms. The molecule has 2 atom stereocenters. The van der Waals surface area contributed by atoms with E-state index >= 15 is 0 Å². The highest BCUT2D eigenvalue weighted by Crippen LogP contribution is 2.20. The summed E-state index contributed by atoms with van der Waals surface area (Å²) in [7, 11) is -1.29. The first-order valence-electron chi connectivity index (χ1n) is 6.52. The third kappa shape index (κ3) is 3.75. The lowest BCUT2D eigenvalue weighted by Crippen LogP contribution is -2.36. The van der Waals surface area contributed by atoms with Gasteiger partial charge in [-0.25, -0.2) is 14.8 Å². The Morgan fingerprint density at radius 1 is 1.40 bits per heavy atom. The van der Waals surface area contributed by atoms with Crippen LogP contribution in [0.5, 0.6) is 0 Å². The number of rotatable bonds is 2. The average molecular weight is 297 g/mol. The summed E-state index contributed by atoms with van der Waals surface area (Å²) in [6, 6.07) is 1.68. The number of hydrogen-bond donors (Lipinski definition) is 0. The van der Waals surface area contributed by atoms with E-state index in [-0.39, 0.29) is 11.3 Å². The van der Waals surface area contributed by atoms with Crippen LogP contribution in [0.4, 0.5) is 4.79 Å². The average Bonchev–Trinajstić information content (AvgIpc) is 2.86. The van der Waals surface area contributed by atoms with Gasteiger partial charge in [0.25, 0.3) is 0 Å². The molecular weight excluding hydrogens is 278 g/mol. The summed E-state index contributed by atoms with van der Waals surface area (Å²) in [5, 5.41) is 0.188. The van der Waals surface area contributed by atoms with Crippen LogP contribution in [0.1, 0.15) is 27.2 Å². The van der Waals surface area contributed by atoms with Gasteiger partial charge in [0.1, 0.15) is 5.60 Å². The lowest BCUT2D eigenvalue weighted by molar-refractivity contribution is 0.0295. The molecule has 0 saturated carbocycles. The summed E-state index contributed by atoms with van der Waals surface area (Å²) < 4.78 is 17.6. The highest BCUT2D eigenvalue weighted by Gasteiger charge is 2.34. The monoisotopic (exact) mass is 297 g/mol. The fourth-order valence-corrected chi connectivity index (χ4v) is 3.20. The van der Waals surface area contributed by atoms with Crippen molar-refractivity contribution in [3.8, 4) is 0 Å². The SMILES string of the molecule is CC(C)(C)OC(=O)N1CC[C@@H]([S@](=O)c2ncccn2)C1. The van der Waals surface area contributed by atoms with Gasteiger partial charge in [-0.05, 0) is 33.3 Å². The van der Waals surface area contributed by atoms with Crippen molar-refractivity contribution in [2.45, 2.75) is 43.2 Å². The molecule has 1 aromatic heterocycles. The van der Waals surface area contributed by atoms with Crippen molar-refractivity contribution in [2.24, 2.45) is 0 Å². The summed E-state index contributed by atoms with van der Waals surface area (Å²) in [6.07, 6.45) is 3.46. The lowest BCUT2D eigenvalue weighted by atomic mass is 10.2. The van der Waals surface area contributed by atoms with Crippen LogP contribution in [-0.2, 0) is 15.5 Å². The van der Waals surface area contributed by atoms with Crippen LogP contribution in [0.2, 0.25) is 0 Å². The molecule has 0 aliphatic carbocycles. The molecule has 1 aliphatic heterocycles. The third-order valence-corrected chi connectivity index (χ3v) is 4.38. The molecule has 1 amide bonds. The van der Waals surface area contributed by atoms with Gasteiger partial charge in [-0.2, -0.15) is 0 Å². The van der Waals surface area contributed by atoms with E-state index in [1.807, 2.05) is 20.8 Å². The van der Waals surface area contributed by atoms with Gasteiger partial charge in [0.05, 0.1) is 16.0 Å². The molecule has 0 aromatic carbocycles. The van der Waals surface area contributed by atoms with E-state index in [0.717, 1.165) is 0 Å².